The highest BCUT2D eigenvalue weighted by Gasteiger charge is 2.25. The van der Waals surface area contributed by atoms with Crippen LogP contribution in [0.4, 0.5) is 17.1 Å². The van der Waals surface area contributed by atoms with Crippen LogP contribution >= 0.6 is 0 Å². The monoisotopic (exact) mass is 543 g/mol. The van der Waals surface area contributed by atoms with Gasteiger partial charge in [-0.15, -0.1) is 0 Å². The molecular formula is C42H25N. The fourth-order valence-electron chi connectivity index (χ4n) is 7.67. The van der Waals surface area contributed by atoms with E-state index >= 15 is 0 Å². The molecule has 10 aromatic rings. The molecule has 10 rings (SSSR count). The molecule has 1 heteroatoms. The summed E-state index contributed by atoms with van der Waals surface area (Å²) in [6.45, 7) is 0. The lowest BCUT2D eigenvalue weighted by Gasteiger charge is -2.30. The maximum atomic E-state index is 2.47. The SMILES string of the molecule is c1ccc(-c2ccccc2N(c2ccccc2)c2cc3ccc4ccc5ccc6ccc7ccc2c2c7c6c5c4c32)cc1. The average Bonchev–Trinajstić information content (AvgIpc) is 3.08. The van der Waals surface area contributed by atoms with Crippen LogP contribution in [0.1, 0.15) is 0 Å². The molecule has 0 aliphatic rings. The van der Waals surface area contributed by atoms with Gasteiger partial charge in [0.05, 0.1) is 11.4 Å². The van der Waals surface area contributed by atoms with E-state index in [0.717, 1.165) is 5.69 Å². The van der Waals surface area contributed by atoms with Crippen molar-refractivity contribution in [3.05, 3.63) is 152 Å². The lowest BCUT2D eigenvalue weighted by Crippen LogP contribution is -2.12. The molecule has 0 spiro atoms. The van der Waals surface area contributed by atoms with E-state index in [2.05, 4.69) is 157 Å². The summed E-state index contributed by atoms with van der Waals surface area (Å²) >= 11 is 0. The molecule has 0 bridgehead atoms. The molecule has 0 radical (unpaired) electrons. The summed E-state index contributed by atoms with van der Waals surface area (Å²) in [6, 6.07) is 55.9. The Morgan fingerprint density at radius 2 is 0.791 bits per heavy atom. The van der Waals surface area contributed by atoms with Gasteiger partial charge in [0.25, 0.3) is 0 Å². The first-order valence-corrected chi connectivity index (χ1v) is 15.0. The van der Waals surface area contributed by atoms with Crippen molar-refractivity contribution in [2.75, 3.05) is 4.90 Å². The van der Waals surface area contributed by atoms with E-state index in [9.17, 15) is 0 Å². The molecule has 0 aliphatic carbocycles. The van der Waals surface area contributed by atoms with E-state index in [0.29, 0.717) is 0 Å². The molecule has 0 saturated heterocycles. The number of hydrogen-bond donors (Lipinski definition) is 0. The molecule has 0 N–H and O–H groups in total. The largest absolute Gasteiger partial charge is 0.309 e. The molecule has 0 amide bonds. The van der Waals surface area contributed by atoms with Crippen molar-refractivity contribution in [2.24, 2.45) is 0 Å². The summed E-state index contributed by atoms with van der Waals surface area (Å²) in [7, 11) is 0. The minimum Gasteiger partial charge on any atom is -0.309 e. The normalized spacial score (nSPS) is 12.2. The predicted octanol–water partition coefficient (Wildman–Crippen LogP) is 12.1. The highest BCUT2D eigenvalue weighted by atomic mass is 15.1. The lowest BCUT2D eigenvalue weighted by atomic mass is 9.82. The van der Waals surface area contributed by atoms with Crippen molar-refractivity contribution in [1.82, 2.24) is 0 Å². The van der Waals surface area contributed by atoms with Gasteiger partial charge in [0.1, 0.15) is 0 Å². The molecule has 0 aromatic heterocycles. The van der Waals surface area contributed by atoms with E-state index < -0.39 is 0 Å². The standard InChI is InChI=1S/C42H25N/c1-3-9-26(10-4-1)33-13-7-8-14-35(33)43(32-11-5-2-6-12-32)36-25-31-22-21-29-18-16-27-15-17-28-19-20-30-23-24-34(36)42-40(30)38(28)37(27)39(29)41(31)42/h1-25H. The summed E-state index contributed by atoms with van der Waals surface area (Å²) in [4.78, 5) is 2.47. The molecule has 0 saturated carbocycles. The second-order valence-corrected chi connectivity index (χ2v) is 11.7. The Kier molecular flexibility index (Phi) is 4.51. The number of nitrogens with zero attached hydrogens (tertiary/aromatic N) is 1. The first-order chi connectivity index (χ1) is 21.3. The van der Waals surface area contributed by atoms with Crippen molar-refractivity contribution in [3.63, 3.8) is 0 Å². The third kappa shape index (κ3) is 3.06. The first-order valence-electron chi connectivity index (χ1n) is 15.0. The second-order valence-electron chi connectivity index (χ2n) is 11.7. The van der Waals surface area contributed by atoms with Gasteiger partial charge in [-0.1, -0.05) is 127 Å². The van der Waals surface area contributed by atoms with Gasteiger partial charge in [-0.3, -0.25) is 0 Å². The van der Waals surface area contributed by atoms with E-state index in [1.54, 1.807) is 0 Å². The molecule has 0 atom stereocenters. The van der Waals surface area contributed by atoms with Crippen molar-refractivity contribution in [2.45, 2.75) is 0 Å². The highest BCUT2D eigenvalue weighted by Crippen LogP contribution is 2.52. The van der Waals surface area contributed by atoms with E-state index in [4.69, 9.17) is 0 Å². The minimum absolute atomic E-state index is 1.14. The number of anilines is 3. The minimum atomic E-state index is 1.14. The number of benzene rings is 10. The van der Waals surface area contributed by atoms with Crippen LogP contribution in [-0.2, 0) is 0 Å². The van der Waals surface area contributed by atoms with E-state index in [1.807, 2.05) is 0 Å². The summed E-state index contributed by atoms with van der Waals surface area (Å²) in [6.07, 6.45) is 0. The van der Waals surface area contributed by atoms with Crippen LogP contribution in [0.3, 0.4) is 0 Å². The van der Waals surface area contributed by atoms with Gasteiger partial charge in [-0.05, 0) is 83.7 Å². The Morgan fingerprint density at radius 3 is 1.42 bits per heavy atom. The van der Waals surface area contributed by atoms with Crippen LogP contribution in [0.15, 0.2) is 152 Å². The van der Waals surface area contributed by atoms with Crippen LogP contribution in [-0.4, -0.2) is 0 Å². The molecule has 1 nitrogen and oxygen atoms in total. The molecule has 0 heterocycles. The molecule has 43 heavy (non-hydrogen) atoms. The van der Waals surface area contributed by atoms with Gasteiger partial charge in [0.15, 0.2) is 0 Å². The van der Waals surface area contributed by atoms with Gasteiger partial charge in [0.2, 0.25) is 0 Å². The predicted molar refractivity (Wildman–Crippen MR) is 185 cm³/mol. The van der Waals surface area contributed by atoms with Crippen molar-refractivity contribution < 1.29 is 0 Å². The van der Waals surface area contributed by atoms with Crippen LogP contribution < -0.4 is 4.90 Å². The molecule has 0 fully saturated rings. The van der Waals surface area contributed by atoms with Crippen LogP contribution in [0.25, 0.3) is 75.8 Å². The third-order valence-corrected chi connectivity index (χ3v) is 9.47. The van der Waals surface area contributed by atoms with Crippen LogP contribution in [0.2, 0.25) is 0 Å². The summed E-state index contributed by atoms with van der Waals surface area (Å²) in [5.41, 5.74) is 5.92. The Labute approximate surface area is 248 Å². The molecule has 10 aromatic carbocycles. The fourth-order valence-corrected chi connectivity index (χ4v) is 7.67. The molecule has 198 valence electrons. The van der Waals surface area contributed by atoms with Crippen LogP contribution in [0.5, 0.6) is 0 Å². The zero-order valence-corrected chi connectivity index (χ0v) is 23.4. The summed E-state index contributed by atoms with van der Waals surface area (Å²) < 4.78 is 0. The van der Waals surface area contributed by atoms with Gasteiger partial charge in [-0.25, -0.2) is 0 Å². The van der Waals surface area contributed by atoms with Gasteiger partial charge in [0, 0.05) is 22.0 Å². The Bertz CT molecular complexity index is 2540. The zero-order valence-electron chi connectivity index (χ0n) is 23.4. The van der Waals surface area contributed by atoms with E-state index in [-0.39, 0.29) is 0 Å². The second kappa shape index (κ2) is 8.44. The quantitative estimate of drug-likeness (QED) is 0.158. The number of hydrogen-bond acceptors (Lipinski definition) is 1. The molecule has 0 unspecified atom stereocenters. The number of rotatable bonds is 4. The topological polar surface area (TPSA) is 3.24 Å². The first kappa shape index (κ1) is 23.0. The smallest absolute Gasteiger partial charge is 0.0546 e. The molecule has 0 aliphatic heterocycles. The van der Waals surface area contributed by atoms with Crippen molar-refractivity contribution in [3.8, 4) is 11.1 Å². The van der Waals surface area contributed by atoms with Gasteiger partial charge < -0.3 is 4.90 Å². The summed E-state index contributed by atoms with van der Waals surface area (Å²) in [5.74, 6) is 0. The average molecular weight is 544 g/mol. The van der Waals surface area contributed by atoms with Crippen molar-refractivity contribution >= 4 is 81.7 Å². The Hall–Kier alpha value is -5.66. The molecular weight excluding hydrogens is 518 g/mol. The maximum absolute atomic E-state index is 2.47. The lowest BCUT2D eigenvalue weighted by molar-refractivity contribution is 1.30. The van der Waals surface area contributed by atoms with Crippen molar-refractivity contribution in [1.29, 1.82) is 0 Å². The number of para-hydroxylation sites is 2. The Balaban J connectivity index is 1.41. The zero-order chi connectivity index (χ0) is 28.1. The maximum Gasteiger partial charge on any atom is 0.0546 e. The van der Waals surface area contributed by atoms with E-state index in [1.165, 1.54) is 87.1 Å². The summed E-state index contributed by atoms with van der Waals surface area (Å²) in [5, 5.41) is 16.1. The highest BCUT2D eigenvalue weighted by molar-refractivity contribution is 6.45. The Morgan fingerprint density at radius 1 is 0.326 bits per heavy atom. The van der Waals surface area contributed by atoms with Crippen LogP contribution in [0, 0.1) is 0 Å². The third-order valence-electron chi connectivity index (χ3n) is 9.47. The van der Waals surface area contributed by atoms with Gasteiger partial charge >= 0.3 is 0 Å². The fraction of sp³-hybridized carbons (Fsp3) is 0. The van der Waals surface area contributed by atoms with Gasteiger partial charge in [-0.2, -0.15) is 0 Å².